The number of carbonyl (C=O) groups excluding carboxylic acids is 1. The first-order chi connectivity index (χ1) is 16.7. The van der Waals surface area contributed by atoms with Gasteiger partial charge in [-0.05, 0) is 55.3 Å². The van der Waals surface area contributed by atoms with Gasteiger partial charge in [-0.2, -0.15) is 0 Å². The number of anilines is 1. The second-order valence-electron chi connectivity index (χ2n) is 8.96. The van der Waals surface area contributed by atoms with Crippen molar-refractivity contribution in [2.45, 2.75) is 19.9 Å². The average molecular weight is 489 g/mol. The number of rotatable bonds is 4. The predicted octanol–water partition coefficient (Wildman–Crippen LogP) is 4.57. The summed E-state index contributed by atoms with van der Waals surface area (Å²) in [5.41, 5.74) is 4.69. The van der Waals surface area contributed by atoms with E-state index in [1.807, 2.05) is 48.6 Å². The van der Waals surface area contributed by atoms with E-state index in [4.69, 9.17) is 11.6 Å². The molecule has 1 atom stereocenters. The van der Waals surface area contributed by atoms with E-state index in [0.29, 0.717) is 21.6 Å². The Hall–Kier alpha value is -3.91. The van der Waals surface area contributed by atoms with Crippen LogP contribution in [0.25, 0.3) is 27.5 Å². The van der Waals surface area contributed by atoms with E-state index in [1.54, 1.807) is 33.7 Å². The van der Waals surface area contributed by atoms with Crippen LogP contribution in [-0.2, 0) is 7.05 Å². The lowest BCUT2D eigenvalue weighted by Gasteiger charge is -2.21. The van der Waals surface area contributed by atoms with Gasteiger partial charge in [0.2, 0.25) is 0 Å². The van der Waals surface area contributed by atoms with E-state index in [2.05, 4.69) is 21.4 Å². The number of aromatic nitrogens is 4. The third-order valence-corrected chi connectivity index (χ3v) is 6.61. The summed E-state index contributed by atoms with van der Waals surface area (Å²) in [5, 5.41) is 5.61. The van der Waals surface area contributed by atoms with Crippen molar-refractivity contribution in [3.05, 3.63) is 81.1 Å². The van der Waals surface area contributed by atoms with Crippen molar-refractivity contribution >= 4 is 50.6 Å². The highest BCUT2D eigenvalue weighted by molar-refractivity contribution is 6.35. The third-order valence-electron chi connectivity index (χ3n) is 6.28. The fraction of sp³-hybridized carbons (Fsp3) is 0.231. The Morgan fingerprint density at radius 1 is 1.14 bits per heavy atom. The maximum atomic E-state index is 13.4. The maximum Gasteiger partial charge on any atom is 0.275 e. The van der Waals surface area contributed by atoms with Gasteiger partial charge < -0.3 is 10.2 Å². The van der Waals surface area contributed by atoms with Gasteiger partial charge in [0.15, 0.2) is 11.3 Å². The summed E-state index contributed by atoms with van der Waals surface area (Å²) in [6.07, 6.45) is 3.34. The lowest BCUT2D eigenvalue weighted by Crippen LogP contribution is -2.26. The van der Waals surface area contributed by atoms with E-state index in [-0.39, 0.29) is 23.2 Å². The minimum absolute atomic E-state index is 0.184. The highest BCUT2D eigenvalue weighted by Gasteiger charge is 2.23. The molecule has 1 unspecified atom stereocenters. The summed E-state index contributed by atoms with van der Waals surface area (Å²) in [6, 6.07) is 11.3. The number of halogens is 1. The molecular weight excluding hydrogens is 464 g/mol. The zero-order valence-electron chi connectivity index (χ0n) is 20.1. The zero-order chi connectivity index (χ0) is 25.0. The van der Waals surface area contributed by atoms with Gasteiger partial charge in [-0.25, -0.2) is 4.98 Å². The Balaban J connectivity index is 1.75. The number of amides is 1. The molecule has 8 nitrogen and oxygen atoms in total. The molecule has 3 aromatic heterocycles. The molecule has 0 spiro atoms. The molecule has 0 aliphatic rings. The number of nitrogens with one attached hydrogen (secondary N) is 1. The first-order valence-corrected chi connectivity index (χ1v) is 11.6. The van der Waals surface area contributed by atoms with Gasteiger partial charge in [0.1, 0.15) is 6.33 Å². The van der Waals surface area contributed by atoms with Crippen LogP contribution in [0.1, 0.15) is 34.6 Å². The molecular formula is C26H25ClN6O2. The van der Waals surface area contributed by atoms with Crippen molar-refractivity contribution in [3.8, 4) is 0 Å². The summed E-state index contributed by atoms with van der Waals surface area (Å²) in [5.74, 6) is -0.264. The maximum absolute atomic E-state index is 13.4. The first kappa shape index (κ1) is 22.9. The standard InChI is InChI=1S/C26H25ClN6O2/c1-14-11-17(15(2)30-20-9-8-19(27)16-7-6-10-28-21(16)20)23-18(12-14)25(34)32(5)24-22(26(35)31(3)4)29-13-33(23)24/h6-13,15,30H,1-5H3. The fourth-order valence-corrected chi connectivity index (χ4v) is 4.82. The van der Waals surface area contributed by atoms with Gasteiger partial charge in [0.05, 0.1) is 33.2 Å². The van der Waals surface area contributed by atoms with Gasteiger partial charge >= 0.3 is 0 Å². The summed E-state index contributed by atoms with van der Waals surface area (Å²) in [6.45, 7) is 4.00. The highest BCUT2D eigenvalue weighted by Crippen LogP contribution is 2.33. The van der Waals surface area contributed by atoms with Crippen LogP contribution in [0.3, 0.4) is 0 Å². The van der Waals surface area contributed by atoms with E-state index >= 15 is 0 Å². The molecule has 2 aromatic carbocycles. The highest BCUT2D eigenvalue weighted by atomic mass is 35.5. The van der Waals surface area contributed by atoms with E-state index in [1.165, 1.54) is 9.47 Å². The minimum atomic E-state index is -0.264. The van der Waals surface area contributed by atoms with Crippen LogP contribution in [0.15, 0.2) is 53.7 Å². The second kappa shape index (κ2) is 8.39. The van der Waals surface area contributed by atoms with Gasteiger partial charge in [-0.3, -0.25) is 23.5 Å². The number of benzene rings is 2. The van der Waals surface area contributed by atoms with E-state index in [0.717, 1.165) is 27.7 Å². The van der Waals surface area contributed by atoms with Gasteiger partial charge in [0, 0.05) is 32.7 Å². The molecule has 35 heavy (non-hydrogen) atoms. The predicted molar refractivity (Wildman–Crippen MR) is 139 cm³/mol. The number of imidazole rings is 1. The first-order valence-electron chi connectivity index (χ1n) is 11.2. The minimum Gasteiger partial charge on any atom is -0.377 e. The largest absolute Gasteiger partial charge is 0.377 e. The monoisotopic (exact) mass is 488 g/mol. The number of pyridine rings is 1. The topological polar surface area (TPSA) is 84.5 Å². The summed E-state index contributed by atoms with van der Waals surface area (Å²) in [7, 11) is 5.00. The smallest absolute Gasteiger partial charge is 0.275 e. The quantitative estimate of drug-likeness (QED) is 0.400. The van der Waals surface area contributed by atoms with Crippen molar-refractivity contribution in [1.82, 2.24) is 23.8 Å². The molecule has 0 radical (unpaired) electrons. The molecule has 178 valence electrons. The van der Waals surface area contributed by atoms with Crippen LogP contribution in [-0.4, -0.2) is 43.8 Å². The van der Waals surface area contributed by atoms with E-state index in [9.17, 15) is 9.59 Å². The molecule has 3 heterocycles. The van der Waals surface area contributed by atoms with E-state index < -0.39 is 0 Å². The second-order valence-corrected chi connectivity index (χ2v) is 9.37. The average Bonchev–Trinajstić information content (AvgIpc) is 3.28. The normalized spacial score (nSPS) is 12.4. The molecule has 1 N–H and O–H groups in total. The Bertz CT molecular complexity index is 1700. The molecule has 1 amide bonds. The molecule has 0 fully saturated rings. The molecule has 0 bridgehead atoms. The third kappa shape index (κ3) is 3.61. The molecule has 9 heteroatoms. The molecule has 0 saturated heterocycles. The number of hydrogen-bond donors (Lipinski definition) is 1. The number of hydrogen-bond acceptors (Lipinski definition) is 5. The van der Waals surface area contributed by atoms with Crippen LogP contribution in [0.4, 0.5) is 5.69 Å². The lowest BCUT2D eigenvalue weighted by atomic mass is 10.0. The summed E-state index contributed by atoms with van der Waals surface area (Å²) in [4.78, 5) is 36.6. The number of carbonyl (C=O) groups is 1. The van der Waals surface area contributed by atoms with Crippen molar-refractivity contribution in [1.29, 1.82) is 0 Å². The Labute approximate surface area is 206 Å². The van der Waals surface area contributed by atoms with Gasteiger partial charge in [-0.15, -0.1) is 0 Å². The molecule has 5 rings (SSSR count). The summed E-state index contributed by atoms with van der Waals surface area (Å²) >= 11 is 6.38. The Morgan fingerprint density at radius 3 is 2.66 bits per heavy atom. The van der Waals surface area contributed by atoms with Crippen molar-refractivity contribution in [2.75, 3.05) is 19.4 Å². The van der Waals surface area contributed by atoms with Crippen molar-refractivity contribution in [2.24, 2.45) is 7.05 Å². The molecule has 5 aromatic rings. The molecule has 0 saturated carbocycles. The van der Waals surface area contributed by atoms with Crippen LogP contribution in [0, 0.1) is 6.92 Å². The number of fused-ring (bicyclic) bond motifs is 4. The fourth-order valence-electron chi connectivity index (χ4n) is 4.60. The number of nitrogens with zero attached hydrogens (tertiary/aromatic N) is 5. The van der Waals surface area contributed by atoms with Gasteiger partial charge in [0.25, 0.3) is 11.5 Å². The molecule has 0 aliphatic carbocycles. The van der Waals surface area contributed by atoms with Crippen LogP contribution >= 0.6 is 11.6 Å². The van der Waals surface area contributed by atoms with Crippen molar-refractivity contribution < 1.29 is 4.79 Å². The molecule has 0 aliphatic heterocycles. The van der Waals surface area contributed by atoms with Crippen LogP contribution in [0.5, 0.6) is 0 Å². The Kier molecular flexibility index (Phi) is 5.48. The lowest BCUT2D eigenvalue weighted by molar-refractivity contribution is 0.0824. The summed E-state index contributed by atoms with van der Waals surface area (Å²) < 4.78 is 3.32. The Morgan fingerprint density at radius 2 is 1.91 bits per heavy atom. The van der Waals surface area contributed by atoms with Crippen LogP contribution in [0.2, 0.25) is 5.02 Å². The SMILES string of the molecule is Cc1cc(C(C)Nc2ccc(Cl)c3cccnc23)c2c(c1)c(=O)n(C)c1c(C(=O)N(C)C)ncn21. The number of aryl methyl sites for hydroxylation is 2. The van der Waals surface area contributed by atoms with Crippen molar-refractivity contribution in [3.63, 3.8) is 0 Å². The zero-order valence-corrected chi connectivity index (χ0v) is 20.9. The van der Waals surface area contributed by atoms with Crippen LogP contribution < -0.4 is 10.9 Å². The van der Waals surface area contributed by atoms with Gasteiger partial charge in [-0.1, -0.05) is 17.7 Å².